The topological polar surface area (TPSA) is 54.5 Å². The van der Waals surface area contributed by atoms with Gasteiger partial charge in [-0.1, -0.05) is 23.8 Å². The van der Waals surface area contributed by atoms with Crippen LogP contribution in [0.25, 0.3) is 0 Å². The summed E-state index contributed by atoms with van der Waals surface area (Å²) in [7, 11) is -3.59. The molecule has 0 amide bonds. The van der Waals surface area contributed by atoms with E-state index in [2.05, 4.69) is 6.58 Å². The Bertz CT molecular complexity index is 605. The van der Waals surface area contributed by atoms with Crippen molar-refractivity contribution in [3.63, 3.8) is 0 Å². The molecule has 1 atom stereocenters. The molecule has 1 aliphatic heterocycles. The van der Waals surface area contributed by atoms with Crippen LogP contribution in [0.5, 0.6) is 0 Å². The van der Waals surface area contributed by atoms with E-state index >= 15 is 0 Å². The number of carbonyl (C=O) groups excluding carboxylic acids is 1. The Kier molecular flexibility index (Phi) is 4.40. The molecule has 0 bridgehead atoms. The van der Waals surface area contributed by atoms with E-state index in [9.17, 15) is 13.2 Å². The zero-order chi connectivity index (χ0) is 14.8. The Morgan fingerprint density at radius 1 is 1.35 bits per heavy atom. The molecule has 0 saturated carbocycles. The molecular formula is C15H19NO3S. The van der Waals surface area contributed by atoms with E-state index in [1.807, 2.05) is 6.92 Å². The number of allylic oxidation sites excluding steroid dienone is 1. The molecule has 20 heavy (non-hydrogen) atoms. The van der Waals surface area contributed by atoms with Gasteiger partial charge in [0.05, 0.1) is 11.4 Å². The SMILES string of the molecule is C=CCC[C@@H]1CC(=O)CN1S(=O)(=O)c1ccc(C)cc1. The molecule has 108 valence electrons. The smallest absolute Gasteiger partial charge is 0.243 e. The summed E-state index contributed by atoms with van der Waals surface area (Å²) in [6.07, 6.45) is 3.40. The Morgan fingerprint density at radius 2 is 2.00 bits per heavy atom. The van der Waals surface area contributed by atoms with E-state index in [-0.39, 0.29) is 23.3 Å². The number of benzene rings is 1. The van der Waals surface area contributed by atoms with Crippen molar-refractivity contribution >= 4 is 15.8 Å². The molecular weight excluding hydrogens is 274 g/mol. The minimum Gasteiger partial charge on any atom is -0.298 e. The van der Waals surface area contributed by atoms with Gasteiger partial charge in [-0.15, -0.1) is 6.58 Å². The lowest BCUT2D eigenvalue weighted by atomic mass is 10.1. The molecule has 0 aromatic heterocycles. The van der Waals surface area contributed by atoms with Gasteiger partial charge in [-0.25, -0.2) is 8.42 Å². The number of aryl methyl sites for hydroxylation is 1. The molecule has 4 nitrogen and oxygen atoms in total. The quantitative estimate of drug-likeness (QED) is 0.783. The van der Waals surface area contributed by atoms with Crippen molar-refractivity contribution in [3.05, 3.63) is 42.5 Å². The molecule has 0 aliphatic carbocycles. The lowest BCUT2D eigenvalue weighted by Crippen LogP contribution is -2.35. The average Bonchev–Trinajstić information content (AvgIpc) is 2.79. The number of Topliss-reactive ketones (excluding diaryl/α,β-unsaturated/α-hetero) is 1. The second kappa shape index (κ2) is 5.89. The normalized spacial score (nSPS) is 20.2. The number of sulfonamides is 1. The van der Waals surface area contributed by atoms with Gasteiger partial charge in [0, 0.05) is 12.5 Å². The van der Waals surface area contributed by atoms with E-state index in [1.54, 1.807) is 30.3 Å². The Morgan fingerprint density at radius 3 is 2.60 bits per heavy atom. The highest BCUT2D eigenvalue weighted by Gasteiger charge is 2.38. The lowest BCUT2D eigenvalue weighted by molar-refractivity contribution is -0.116. The maximum Gasteiger partial charge on any atom is 0.243 e. The fourth-order valence-electron chi connectivity index (χ4n) is 2.42. The fraction of sp³-hybridized carbons (Fsp3) is 0.400. The Balaban J connectivity index is 2.29. The van der Waals surface area contributed by atoms with E-state index in [0.29, 0.717) is 19.3 Å². The summed E-state index contributed by atoms with van der Waals surface area (Å²) in [6, 6.07) is 6.48. The van der Waals surface area contributed by atoms with E-state index < -0.39 is 10.0 Å². The van der Waals surface area contributed by atoms with E-state index in [4.69, 9.17) is 0 Å². The molecule has 0 unspecified atom stereocenters. The largest absolute Gasteiger partial charge is 0.298 e. The molecule has 1 saturated heterocycles. The predicted molar refractivity (Wildman–Crippen MR) is 77.9 cm³/mol. The van der Waals surface area contributed by atoms with Gasteiger partial charge >= 0.3 is 0 Å². The number of ketones is 1. The first-order valence-corrected chi connectivity index (χ1v) is 8.10. The monoisotopic (exact) mass is 293 g/mol. The van der Waals surface area contributed by atoms with Gasteiger partial charge in [0.25, 0.3) is 0 Å². The van der Waals surface area contributed by atoms with Crippen LogP contribution in [0.2, 0.25) is 0 Å². The third-order valence-corrected chi connectivity index (χ3v) is 5.45. The number of rotatable bonds is 5. The molecule has 1 aromatic carbocycles. The number of hydrogen-bond acceptors (Lipinski definition) is 3. The van der Waals surface area contributed by atoms with Crippen LogP contribution >= 0.6 is 0 Å². The predicted octanol–water partition coefficient (Wildman–Crippen LogP) is 2.29. The van der Waals surface area contributed by atoms with E-state index in [0.717, 1.165) is 5.56 Å². The highest BCUT2D eigenvalue weighted by atomic mass is 32.2. The molecule has 0 N–H and O–H groups in total. The third-order valence-electron chi connectivity index (χ3n) is 3.53. The van der Waals surface area contributed by atoms with Gasteiger partial charge in [-0.2, -0.15) is 4.31 Å². The van der Waals surface area contributed by atoms with Crippen molar-refractivity contribution in [2.24, 2.45) is 0 Å². The van der Waals surface area contributed by atoms with Crippen LogP contribution in [0.1, 0.15) is 24.8 Å². The number of nitrogens with zero attached hydrogens (tertiary/aromatic N) is 1. The fourth-order valence-corrected chi connectivity index (χ4v) is 4.05. The second-order valence-corrected chi connectivity index (χ2v) is 7.02. The summed E-state index contributed by atoms with van der Waals surface area (Å²) in [6.45, 7) is 5.53. The standard InChI is InChI=1S/C15H19NO3S/c1-3-4-5-13-10-14(17)11-16(13)20(18,19)15-8-6-12(2)7-9-15/h3,6-9,13H,1,4-5,10-11H2,2H3/t13-/m1/s1. The number of carbonyl (C=O) groups is 1. The Hall–Kier alpha value is -1.46. The van der Waals surface area contributed by atoms with Gasteiger partial charge < -0.3 is 0 Å². The van der Waals surface area contributed by atoms with Crippen LogP contribution in [0.3, 0.4) is 0 Å². The Labute approximate surface area is 120 Å². The highest BCUT2D eigenvalue weighted by molar-refractivity contribution is 7.89. The molecule has 1 heterocycles. The van der Waals surface area contributed by atoms with Crippen LogP contribution in [-0.4, -0.2) is 31.1 Å². The first kappa shape index (κ1) is 14.9. The zero-order valence-electron chi connectivity index (χ0n) is 11.6. The summed E-state index contributed by atoms with van der Waals surface area (Å²) in [5.41, 5.74) is 1.00. The van der Waals surface area contributed by atoms with Crippen molar-refractivity contribution in [1.29, 1.82) is 0 Å². The summed E-state index contributed by atoms with van der Waals surface area (Å²) in [5.74, 6) is -0.0188. The molecule has 0 radical (unpaired) electrons. The molecule has 5 heteroatoms. The molecule has 1 fully saturated rings. The molecule has 1 aromatic rings. The van der Waals surface area contributed by atoms with Gasteiger partial charge in [-0.05, 0) is 31.9 Å². The first-order valence-electron chi connectivity index (χ1n) is 6.66. The minimum atomic E-state index is -3.59. The maximum atomic E-state index is 12.6. The summed E-state index contributed by atoms with van der Waals surface area (Å²) >= 11 is 0. The summed E-state index contributed by atoms with van der Waals surface area (Å²) in [5, 5.41) is 0. The number of hydrogen-bond donors (Lipinski definition) is 0. The van der Waals surface area contributed by atoms with Crippen LogP contribution in [0.15, 0.2) is 41.8 Å². The summed E-state index contributed by atoms with van der Waals surface area (Å²) in [4.78, 5) is 11.9. The average molecular weight is 293 g/mol. The van der Waals surface area contributed by atoms with Crippen molar-refractivity contribution < 1.29 is 13.2 Å². The van der Waals surface area contributed by atoms with Crippen molar-refractivity contribution in [2.75, 3.05) is 6.54 Å². The van der Waals surface area contributed by atoms with E-state index in [1.165, 1.54) is 4.31 Å². The van der Waals surface area contributed by atoms with Crippen molar-refractivity contribution in [1.82, 2.24) is 4.31 Å². The van der Waals surface area contributed by atoms with Crippen molar-refractivity contribution in [3.8, 4) is 0 Å². The van der Waals surface area contributed by atoms with Crippen LogP contribution in [-0.2, 0) is 14.8 Å². The van der Waals surface area contributed by atoms with Gasteiger partial charge in [0.2, 0.25) is 10.0 Å². The molecule has 1 aliphatic rings. The molecule has 0 spiro atoms. The van der Waals surface area contributed by atoms with Crippen molar-refractivity contribution in [2.45, 2.75) is 37.1 Å². The first-order chi connectivity index (χ1) is 9.45. The van der Waals surface area contributed by atoms with Crippen LogP contribution < -0.4 is 0 Å². The third kappa shape index (κ3) is 2.99. The highest BCUT2D eigenvalue weighted by Crippen LogP contribution is 2.27. The summed E-state index contributed by atoms with van der Waals surface area (Å²) < 4.78 is 26.6. The molecule has 2 rings (SSSR count). The van der Waals surface area contributed by atoms with Crippen LogP contribution in [0.4, 0.5) is 0 Å². The van der Waals surface area contributed by atoms with Gasteiger partial charge in [-0.3, -0.25) is 4.79 Å². The lowest BCUT2D eigenvalue weighted by Gasteiger charge is -2.22. The van der Waals surface area contributed by atoms with Gasteiger partial charge in [0.15, 0.2) is 0 Å². The minimum absolute atomic E-state index is 0.0159. The maximum absolute atomic E-state index is 12.6. The van der Waals surface area contributed by atoms with Gasteiger partial charge in [0.1, 0.15) is 5.78 Å². The van der Waals surface area contributed by atoms with Crippen LogP contribution in [0, 0.1) is 6.92 Å². The zero-order valence-corrected chi connectivity index (χ0v) is 12.4. The second-order valence-electron chi connectivity index (χ2n) is 5.13.